The number of nitrogens with two attached hydrogens (primary N) is 1. The highest BCUT2D eigenvalue weighted by Crippen LogP contribution is 2.33. The molecule has 1 saturated carbocycles. The fourth-order valence-electron chi connectivity index (χ4n) is 2.95. The van der Waals surface area contributed by atoms with E-state index >= 15 is 0 Å². The first kappa shape index (κ1) is 13.3. The maximum absolute atomic E-state index is 5.62. The number of nitrogen functional groups attached to an aromatic ring is 1. The Labute approximate surface area is 109 Å². The van der Waals surface area contributed by atoms with Crippen molar-refractivity contribution in [2.75, 3.05) is 5.43 Å². The molecule has 0 unspecified atom stereocenters. The first-order valence-corrected chi connectivity index (χ1v) is 6.98. The first-order valence-electron chi connectivity index (χ1n) is 6.98. The van der Waals surface area contributed by atoms with E-state index in [1.165, 1.54) is 32.1 Å². The minimum atomic E-state index is 0.386. The molecule has 1 fully saturated rings. The van der Waals surface area contributed by atoms with Gasteiger partial charge in [-0.3, -0.25) is 0 Å². The molecule has 0 aliphatic heterocycles. The predicted molar refractivity (Wildman–Crippen MR) is 74.5 cm³/mol. The standard InChI is InChI=1S/C14H24N4/c1-9(2)12-10(3)16-13(17-14(12)18-15)11-7-5-4-6-8-11/h9,11H,4-8,15H2,1-3H3,(H,16,17,18). The van der Waals surface area contributed by atoms with Crippen molar-refractivity contribution in [3.8, 4) is 0 Å². The van der Waals surface area contributed by atoms with E-state index in [-0.39, 0.29) is 0 Å². The smallest absolute Gasteiger partial charge is 0.147 e. The highest BCUT2D eigenvalue weighted by Gasteiger charge is 2.21. The summed E-state index contributed by atoms with van der Waals surface area (Å²) in [7, 11) is 0. The normalized spacial score (nSPS) is 17.2. The molecule has 18 heavy (non-hydrogen) atoms. The van der Waals surface area contributed by atoms with E-state index in [9.17, 15) is 0 Å². The van der Waals surface area contributed by atoms with Crippen LogP contribution in [-0.4, -0.2) is 9.97 Å². The van der Waals surface area contributed by atoms with E-state index in [2.05, 4.69) is 31.2 Å². The Morgan fingerprint density at radius 2 is 1.83 bits per heavy atom. The molecule has 0 bridgehead atoms. The lowest BCUT2D eigenvalue weighted by Crippen LogP contribution is -2.18. The number of hydrazine groups is 1. The fourth-order valence-corrected chi connectivity index (χ4v) is 2.95. The molecule has 0 atom stereocenters. The molecule has 0 spiro atoms. The maximum atomic E-state index is 5.62. The zero-order chi connectivity index (χ0) is 13.1. The van der Waals surface area contributed by atoms with Crippen molar-refractivity contribution in [1.82, 2.24) is 9.97 Å². The lowest BCUT2D eigenvalue weighted by atomic mass is 9.88. The second-order valence-corrected chi connectivity index (χ2v) is 5.56. The molecule has 0 radical (unpaired) electrons. The van der Waals surface area contributed by atoms with Gasteiger partial charge in [0.15, 0.2) is 0 Å². The van der Waals surface area contributed by atoms with Crippen molar-refractivity contribution in [2.24, 2.45) is 5.84 Å². The van der Waals surface area contributed by atoms with Crippen LogP contribution in [0.2, 0.25) is 0 Å². The molecule has 1 aromatic rings. The molecule has 1 heterocycles. The van der Waals surface area contributed by atoms with Crippen molar-refractivity contribution >= 4 is 5.82 Å². The van der Waals surface area contributed by atoms with E-state index in [0.29, 0.717) is 11.8 Å². The van der Waals surface area contributed by atoms with Gasteiger partial charge in [0.1, 0.15) is 11.6 Å². The second kappa shape index (κ2) is 5.65. The number of anilines is 1. The van der Waals surface area contributed by atoms with Gasteiger partial charge in [-0.2, -0.15) is 0 Å². The van der Waals surface area contributed by atoms with Gasteiger partial charge in [-0.1, -0.05) is 33.1 Å². The number of hydrogen-bond acceptors (Lipinski definition) is 4. The Morgan fingerprint density at radius 3 is 2.39 bits per heavy atom. The molecule has 3 N–H and O–H groups in total. The summed E-state index contributed by atoms with van der Waals surface area (Å²) >= 11 is 0. The second-order valence-electron chi connectivity index (χ2n) is 5.56. The quantitative estimate of drug-likeness (QED) is 0.636. The van der Waals surface area contributed by atoms with Crippen LogP contribution in [-0.2, 0) is 0 Å². The fraction of sp³-hybridized carbons (Fsp3) is 0.714. The van der Waals surface area contributed by atoms with E-state index < -0.39 is 0 Å². The topological polar surface area (TPSA) is 63.8 Å². The summed E-state index contributed by atoms with van der Waals surface area (Å²) in [5.74, 6) is 8.30. The number of aryl methyl sites for hydroxylation is 1. The van der Waals surface area contributed by atoms with Gasteiger partial charge >= 0.3 is 0 Å². The lowest BCUT2D eigenvalue weighted by Gasteiger charge is -2.23. The van der Waals surface area contributed by atoms with E-state index in [1.54, 1.807) is 0 Å². The van der Waals surface area contributed by atoms with Crippen LogP contribution in [0.5, 0.6) is 0 Å². The molecule has 0 saturated heterocycles. The average molecular weight is 248 g/mol. The van der Waals surface area contributed by atoms with Crippen LogP contribution in [0, 0.1) is 6.92 Å². The van der Waals surface area contributed by atoms with Crippen LogP contribution in [0.4, 0.5) is 5.82 Å². The summed E-state index contributed by atoms with van der Waals surface area (Å²) in [4.78, 5) is 9.37. The summed E-state index contributed by atoms with van der Waals surface area (Å²) in [6.45, 7) is 6.35. The predicted octanol–water partition coefficient (Wildman–Crippen LogP) is 3.24. The van der Waals surface area contributed by atoms with Crippen LogP contribution >= 0.6 is 0 Å². The molecule has 1 aromatic heterocycles. The number of hydrogen-bond donors (Lipinski definition) is 2. The molecule has 4 heteroatoms. The molecule has 1 aliphatic rings. The monoisotopic (exact) mass is 248 g/mol. The first-order chi connectivity index (χ1) is 8.63. The molecule has 2 rings (SSSR count). The van der Waals surface area contributed by atoms with Crippen molar-refractivity contribution in [3.63, 3.8) is 0 Å². The third kappa shape index (κ3) is 2.64. The summed E-state index contributed by atoms with van der Waals surface area (Å²) in [5, 5.41) is 0. The Morgan fingerprint density at radius 1 is 1.17 bits per heavy atom. The Balaban J connectivity index is 2.35. The number of nitrogens with zero attached hydrogens (tertiary/aromatic N) is 2. The summed E-state index contributed by atoms with van der Waals surface area (Å²) in [5.41, 5.74) is 4.95. The highest BCUT2D eigenvalue weighted by molar-refractivity contribution is 5.47. The number of nitrogens with one attached hydrogen (secondary N) is 1. The number of aromatic nitrogens is 2. The molecule has 1 aliphatic carbocycles. The van der Waals surface area contributed by atoms with Crippen LogP contribution < -0.4 is 11.3 Å². The van der Waals surface area contributed by atoms with Gasteiger partial charge in [-0.15, -0.1) is 0 Å². The van der Waals surface area contributed by atoms with Crippen molar-refractivity contribution < 1.29 is 0 Å². The SMILES string of the molecule is Cc1nc(C2CCCCC2)nc(NN)c1C(C)C. The summed E-state index contributed by atoms with van der Waals surface area (Å²) < 4.78 is 0. The molecule has 4 nitrogen and oxygen atoms in total. The van der Waals surface area contributed by atoms with Gasteiger partial charge in [0.2, 0.25) is 0 Å². The van der Waals surface area contributed by atoms with Crippen molar-refractivity contribution in [3.05, 3.63) is 17.1 Å². The Hall–Kier alpha value is -1.16. The summed E-state index contributed by atoms with van der Waals surface area (Å²) in [6.07, 6.45) is 6.37. The third-order valence-electron chi connectivity index (χ3n) is 3.84. The largest absolute Gasteiger partial charge is 0.308 e. The molecular formula is C14H24N4. The summed E-state index contributed by atoms with van der Waals surface area (Å²) in [6, 6.07) is 0. The van der Waals surface area contributed by atoms with Crippen LogP contribution in [0.25, 0.3) is 0 Å². The number of rotatable bonds is 3. The zero-order valence-corrected chi connectivity index (χ0v) is 11.7. The molecule has 0 amide bonds. The van der Waals surface area contributed by atoms with Gasteiger partial charge in [-0.25, -0.2) is 15.8 Å². The highest BCUT2D eigenvalue weighted by atomic mass is 15.3. The Kier molecular flexibility index (Phi) is 4.17. The third-order valence-corrected chi connectivity index (χ3v) is 3.84. The van der Waals surface area contributed by atoms with Gasteiger partial charge in [0.25, 0.3) is 0 Å². The maximum Gasteiger partial charge on any atom is 0.147 e. The minimum absolute atomic E-state index is 0.386. The van der Waals surface area contributed by atoms with Crippen LogP contribution in [0.15, 0.2) is 0 Å². The minimum Gasteiger partial charge on any atom is -0.308 e. The molecule has 0 aromatic carbocycles. The Bertz CT molecular complexity index is 409. The van der Waals surface area contributed by atoms with E-state index in [0.717, 1.165) is 22.9 Å². The van der Waals surface area contributed by atoms with E-state index in [4.69, 9.17) is 10.8 Å². The van der Waals surface area contributed by atoms with Crippen molar-refractivity contribution in [1.29, 1.82) is 0 Å². The van der Waals surface area contributed by atoms with Gasteiger partial charge in [0, 0.05) is 17.2 Å². The van der Waals surface area contributed by atoms with Crippen LogP contribution in [0.1, 0.15) is 74.9 Å². The zero-order valence-electron chi connectivity index (χ0n) is 11.7. The lowest BCUT2D eigenvalue weighted by molar-refractivity contribution is 0.428. The van der Waals surface area contributed by atoms with E-state index in [1.807, 2.05) is 0 Å². The van der Waals surface area contributed by atoms with Crippen molar-refractivity contribution in [2.45, 2.75) is 64.7 Å². The molecule has 100 valence electrons. The van der Waals surface area contributed by atoms with Gasteiger partial charge < -0.3 is 5.43 Å². The van der Waals surface area contributed by atoms with Crippen LogP contribution in [0.3, 0.4) is 0 Å². The molecular weight excluding hydrogens is 224 g/mol. The van der Waals surface area contributed by atoms with Gasteiger partial charge in [0.05, 0.1) is 0 Å². The average Bonchev–Trinajstić information content (AvgIpc) is 2.38. The van der Waals surface area contributed by atoms with Gasteiger partial charge in [-0.05, 0) is 25.7 Å².